The predicted molar refractivity (Wildman–Crippen MR) is 152 cm³/mol. The quantitative estimate of drug-likeness (QED) is 0.0860. The van der Waals surface area contributed by atoms with Crippen molar-refractivity contribution in [1.29, 1.82) is 0 Å². The molecule has 0 aliphatic carbocycles. The molecule has 1 aromatic carbocycles. The fourth-order valence-corrected chi connectivity index (χ4v) is 3.53. The van der Waals surface area contributed by atoms with Gasteiger partial charge in [-0.25, -0.2) is 0 Å². The van der Waals surface area contributed by atoms with E-state index in [1.807, 2.05) is 12.1 Å². The van der Waals surface area contributed by atoms with Gasteiger partial charge in [-0.1, -0.05) is 0 Å². The lowest BCUT2D eigenvalue weighted by Crippen LogP contribution is -2.27. The van der Waals surface area contributed by atoms with Crippen LogP contribution in [-0.4, -0.2) is 127 Å². The topological polar surface area (TPSA) is 118 Å². The summed E-state index contributed by atoms with van der Waals surface area (Å²) >= 11 is 0. The number of nitrogen functional groups attached to an aromatic ring is 1. The van der Waals surface area contributed by atoms with E-state index < -0.39 is 8.32 Å². The highest BCUT2D eigenvalue weighted by molar-refractivity contribution is 6.69. The third-order valence-corrected chi connectivity index (χ3v) is 5.81. The number of benzene rings is 1. The van der Waals surface area contributed by atoms with Crippen molar-refractivity contribution in [1.82, 2.24) is 0 Å². The van der Waals surface area contributed by atoms with Crippen LogP contribution < -0.4 is 10.5 Å². The molecular weight excluding hydrogens is 526 g/mol. The predicted octanol–water partition coefficient (Wildman–Crippen LogP) is 2.63. The maximum absolute atomic E-state index is 5.71. The average Bonchev–Trinajstić information content (AvgIpc) is 2.90. The summed E-state index contributed by atoms with van der Waals surface area (Å²) in [5.74, 6) is 0.775. The van der Waals surface area contributed by atoms with E-state index in [2.05, 4.69) is 19.6 Å². The summed E-state index contributed by atoms with van der Waals surface area (Å²) in [4.78, 5) is 0. The minimum Gasteiger partial charge on any atom is -0.491 e. The molecule has 2 N–H and O–H groups in total. The van der Waals surface area contributed by atoms with E-state index in [0.29, 0.717) is 125 Å². The van der Waals surface area contributed by atoms with Gasteiger partial charge in [-0.05, 0) is 43.9 Å². The SMILES string of the molecule is C[Si](C)(C)OCCOCCOCCOCCOCCOCCOCCOCCOCCOc1ccc(N)cc1. The molecule has 0 aliphatic rings. The second-order valence-electron chi connectivity index (χ2n) is 9.28. The molecule has 11 nitrogen and oxygen atoms in total. The van der Waals surface area contributed by atoms with Crippen molar-refractivity contribution in [2.45, 2.75) is 19.6 Å². The maximum Gasteiger partial charge on any atom is 0.183 e. The van der Waals surface area contributed by atoms with Crippen molar-refractivity contribution in [2.24, 2.45) is 0 Å². The molecule has 0 bridgehead atoms. The number of anilines is 1. The Bertz CT molecular complexity index is 648. The highest BCUT2D eigenvalue weighted by atomic mass is 28.4. The summed E-state index contributed by atoms with van der Waals surface area (Å²) < 4.78 is 55.0. The second-order valence-corrected chi connectivity index (χ2v) is 13.8. The summed E-state index contributed by atoms with van der Waals surface area (Å²) in [5.41, 5.74) is 6.35. The van der Waals surface area contributed by atoms with Crippen LogP contribution in [-0.2, 0) is 42.3 Å². The van der Waals surface area contributed by atoms with Gasteiger partial charge in [0.1, 0.15) is 12.4 Å². The summed E-state index contributed by atoms with van der Waals surface area (Å²) in [6.45, 7) is 16.1. The van der Waals surface area contributed by atoms with Gasteiger partial charge in [-0.15, -0.1) is 0 Å². The molecule has 12 heteroatoms. The van der Waals surface area contributed by atoms with E-state index in [9.17, 15) is 0 Å². The Labute approximate surface area is 235 Å². The van der Waals surface area contributed by atoms with Crippen molar-refractivity contribution in [3.63, 3.8) is 0 Å². The molecule has 1 rings (SSSR count). The first kappa shape index (κ1) is 35.7. The molecule has 0 spiro atoms. The first-order chi connectivity index (χ1) is 19.0. The van der Waals surface area contributed by atoms with Crippen molar-refractivity contribution < 1.29 is 47.1 Å². The zero-order chi connectivity index (χ0) is 28.3. The fraction of sp³-hybridized carbons (Fsp3) is 0.778. The normalized spacial score (nSPS) is 11.8. The molecule has 1 aromatic rings. The van der Waals surface area contributed by atoms with Crippen molar-refractivity contribution in [3.05, 3.63) is 24.3 Å². The summed E-state index contributed by atoms with van der Waals surface area (Å²) in [6, 6.07) is 7.27. The zero-order valence-electron chi connectivity index (χ0n) is 24.2. The third kappa shape index (κ3) is 26.7. The first-order valence-corrected chi connectivity index (χ1v) is 17.1. The van der Waals surface area contributed by atoms with Crippen LogP contribution in [0.2, 0.25) is 19.6 Å². The molecule has 39 heavy (non-hydrogen) atoms. The largest absolute Gasteiger partial charge is 0.491 e. The summed E-state index contributed by atoms with van der Waals surface area (Å²) in [7, 11) is -1.45. The van der Waals surface area contributed by atoms with Gasteiger partial charge in [0.2, 0.25) is 0 Å². The van der Waals surface area contributed by atoms with E-state index >= 15 is 0 Å². The monoisotopic (exact) mass is 577 g/mol. The van der Waals surface area contributed by atoms with Crippen molar-refractivity contribution in [3.8, 4) is 5.75 Å². The lowest BCUT2D eigenvalue weighted by molar-refractivity contribution is -0.0241. The Morgan fingerprint density at radius 2 is 0.718 bits per heavy atom. The van der Waals surface area contributed by atoms with Gasteiger partial charge in [0, 0.05) is 5.69 Å². The smallest absolute Gasteiger partial charge is 0.183 e. The average molecular weight is 578 g/mol. The van der Waals surface area contributed by atoms with E-state index in [0.717, 1.165) is 5.75 Å². The number of rotatable bonds is 29. The lowest BCUT2D eigenvalue weighted by Gasteiger charge is -2.16. The maximum atomic E-state index is 5.71. The van der Waals surface area contributed by atoms with Gasteiger partial charge in [-0.2, -0.15) is 0 Å². The molecule has 0 saturated carbocycles. The number of hydrogen-bond acceptors (Lipinski definition) is 11. The molecule has 0 aromatic heterocycles. The van der Waals surface area contributed by atoms with Gasteiger partial charge in [0.05, 0.1) is 112 Å². The molecule has 228 valence electrons. The minimum absolute atomic E-state index is 0.480. The highest BCUT2D eigenvalue weighted by Crippen LogP contribution is 2.12. The van der Waals surface area contributed by atoms with Gasteiger partial charge in [0.15, 0.2) is 8.32 Å². The molecular formula is C27H51NO10Si. The van der Waals surface area contributed by atoms with Gasteiger partial charge in [-0.3, -0.25) is 0 Å². The van der Waals surface area contributed by atoms with Crippen LogP contribution in [0, 0.1) is 0 Å². The Morgan fingerprint density at radius 1 is 0.436 bits per heavy atom. The number of hydrogen-bond donors (Lipinski definition) is 1. The Morgan fingerprint density at radius 3 is 1.03 bits per heavy atom. The molecule has 0 aliphatic heterocycles. The van der Waals surface area contributed by atoms with E-state index in [-0.39, 0.29) is 0 Å². The van der Waals surface area contributed by atoms with E-state index in [1.54, 1.807) is 12.1 Å². The standard InChI is InChI=1S/C27H51NO10Si/c1-39(2,3)38-25-23-36-21-19-34-17-15-32-13-11-30-9-8-29-10-12-31-14-16-33-18-20-35-22-24-37-27-6-4-26(28)5-7-27/h4-7H,8-25,28H2,1-3H3. The van der Waals surface area contributed by atoms with Crippen molar-refractivity contribution >= 4 is 14.0 Å². The van der Waals surface area contributed by atoms with Crippen LogP contribution in [0.1, 0.15) is 0 Å². The molecule has 0 unspecified atom stereocenters. The van der Waals surface area contributed by atoms with Crippen LogP contribution >= 0.6 is 0 Å². The number of ether oxygens (including phenoxy) is 9. The fourth-order valence-electron chi connectivity index (χ4n) is 2.83. The number of nitrogens with two attached hydrogens (primary N) is 1. The molecule has 0 amide bonds. The first-order valence-electron chi connectivity index (χ1n) is 13.7. The highest BCUT2D eigenvalue weighted by Gasteiger charge is 2.13. The molecule has 0 radical (unpaired) electrons. The van der Waals surface area contributed by atoms with Crippen LogP contribution in [0.5, 0.6) is 5.75 Å². The Hall–Kier alpha value is -1.32. The van der Waals surface area contributed by atoms with E-state index in [4.69, 9.17) is 52.8 Å². The van der Waals surface area contributed by atoms with Gasteiger partial charge >= 0.3 is 0 Å². The van der Waals surface area contributed by atoms with E-state index in [1.165, 1.54) is 0 Å². The molecule has 0 saturated heterocycles. The van der Waals surface area contributed by atoms with Crippen LogP contribution in [0.25, 0.3) is 0 Å². The summed E-state index contributed by atoms with van der Waals surface area (Å²) in [6.07, 6.45) is 0. The molecule has 0 heterocycles. The third-order valence-electron chi connectivity index (χ3n) is 4.74. The minimum atomic E-state index is -1.45. The molecule has 0 atom stereocenters. The van der Waals surface area contributed by atoms with Gasteiger partial charge in [0.25, 0.3) is 0 Å². The van der Waals surface area contributed by atoms with Crippen LogP contribution in [0.4, 0.5) is 5.69 Å². The Kier molecular flexibility index (Phi) is 23.5. The van der Waals surface area contributed by atoms with Crippen LogP contribution in [0.15, 0.2) is 24.3 Å². The lowest BCUT2D eigenvalue weighted by atomic mass is 10.3. The Balaban J connectivity index is 1.65. The van der Waals surface area contributed by atoms with Gasteiger partial charge < -0.3 is 52.8 Å². The second kappa shape index (κ2) is 25.6. The van der Waals surface area contributed by atoms with Crippen LogP contribution in [0.3, 0.4) is 0 Å². The molecule has 0 fully saturated rings. The zero-order valence-corrected chi connectivity index (χ0v) is 25.2. The summed E-state index contributed by atoms with van der Waals surface area (Å²) in [5, 5.41) is 0. The van der Waals surface area contributed by atoms with Crippen molar-refractivity contribution in [2.75, 3.05) is 125 Å².